The molecule has 126 valence electrons. The molecule has 5 nitrogen and oxygen atoms in total. The van der Waals surface area contributed by atoms with Gasteiger partial charge in [-0.2, -0.15) is 0 Å². The lowest BCUT2D eigenvalue weighted by molar-refractivity contribution is -0.143. The van der Waals surface area contributed by atoms with E-state index in [2.05, 4.69) is 31.0 Å². The number of benzene rings is 1. The second-order valence-corrected chi connectivity index (χ2v) is 7.22. The Morgan fingerprint density at radius 2 is 1.74 bits per heavy atom. The highest BCUT2D eigenvalue weighted by Crippen LogP contribution is 2.22. The standard InChI is InChI=1S/C18H26N2O3/c1-18(2,3)15-6-4-13(5-7-15)16(21)19-12-20-10-8-14(9-11-20)17(22)23/h4-7,14H,8-12H2,1-3H3,(H,19,21)(H,22,23). The average molecular weight is 318 g/mol. The molecule has 0 unspecified atom stereocenters. The predicted octanol–water partition coefficient (Wildman–Crippen LogP) is 2.47. The molecule has 2 rings (SSSR count). The summed E-state index contributed by atoms with van der Waals surface area (Å²) in [5.74, 6) is -1.05. The van der Waals surface area contributed by atoms with Gasteiger partial charge in [-0.15, -0.1) is 0 Å². The van der Waals surface area contributed by atoms with Gasteiger partial charge in [0.2, 0.25) is 0 Å². The van der Waals surface area contributed by atoms with E-state index in [1.807, 2.05) is 24.3 Å². The van der Waals surface area contributed by atoms with E-state index in [9.17, 15) is 9.59 Å². The molecule has 0 atom stereocenters. The number of carboxylic acids is 1. The molecule has 2 N–H and O–H groups in total. The summed E-state index contributed by atoms with van der Waals surface area (Å²) in [6, 6.07) is 7.69. The zero-order valence-corrected chi connectivity index (χ0v) is 14.1. The van der Waals surface area contributed by atoms with Crippen molar-refractivity contribution in [1.29, 1.82) is 0 Å². The molecule has 1 amide bonds. The van der Waals surface area contributed by atoms with E-state index in [0.29, 0.717) is 38.2 Å². The number of piperidine rings is 1. The van der Waals surface area contributed by atoms with Crippen LogP contribution >= 0.6 is 0 Å². The van der Waals surface area contributed by atoms with Gasteiger partial charge >= 0.3 is 5.97 Å². The monoisotopic (exact) mass is 318 g/mol. The first kappa shape index (κ1) is 17.5. The van der Waals surface area contributed by atoms with Crippen molar-refractivity contribution in [3.8, 4) is 0 Å². The van der Waals surface area contributed by atoms with E-state index in [1.54, 1.807) is 0 Å². The van der Waals surface area contributed by atoms with Gasteiger partial charge < -0.3 is 10.4 Å². The molecule has 23 heavy (non-hydrogen) atoms. The number of nitrogens with zero attached hydrogens (tertiary/aromatic N) is 1. The summed E-state index contributed by atoms with van der Waals surface area (Å²) < 4.78 is 0. The molecule has 1 heterocycles. The maximum absolute atomic E-state index is 12.2. The van der Waals surface area contributed by atoms with Crippen molar-refractivity contribution in [3.05, 3.63) is 35.4 Å². The third kappa shape index (κ3) is 4.79. The fraction of sp³-hybridized carbons (Fsp3) is 0.556. The van der Waals surface area contributed by atoms with E-state index in [-0.39, 0.29) is 17.2 Å². The Kier molecular flexibility index (Phi) is 5.42. The summed E-state index contributed by atoms with van der Waals surface area (Å²) in [5, 5.41) is 11.9. The maximum Gasteiger partial charge on any atom is 0.306 e. The van der Waals surface area contributed by atoms with Gasteiger partial charge in [0.15, 0.2) is 0 Å². The summed E-state index contributed by atoms with van der Waals surface area (Å²) in [7, 11) is 0. The topological polar surface area (TPSA) is 69.6 Å². The lowest BCUT2D eigenvalue weighted by Crippen LogP contribution is -2.43. The number of nitrogens with one attached hydrogen (secondary N) is 1. The van der Waals surface area contributed by atoms with Gasteiger partial charge in [-0.25, -0.2) is 0 Å². The first-order valence-corrected chi connectivity index (χ1v) is 8.11. The third-order valence-electron chi connectivity index (χ3n) is 4.41. The molecular weight excluding hydrogens is 292 g/mol. The lowest BCUT2D eigenvalue weighted by atomic mass is 9.87. The molecule has 1 saturated heterocycles. The van der Waals surface area contributed by atoms with E-state index >= 15 is 0 Å². The van der Waals surface area contributed by atoms with Crippen molar-refractivity contribution in [3.63, 3.8) is 0 Å². The fourth-order valence-electron chi connectivity index (χ4n) is 2.75. The highest BCUT2D eigenvalue weighted by molar-refractivity contribution is 5.94. The van der Waals surface area contributed by atoms with Crippen LogP contribution in [0.25, 0.3) is 0 Å². The highest BCUT2D eigenvalue weighted by Gasteiger charge is 2.24. The summed E-state index contributed by atoms with van der Waals surface area (Å²) in [5.41, 5.74) is 1.92. The Morgan fingerprint density at radius 3 is 2.22 bits per heavy atom. The zero-order chi connectivity index (χ0) is 17.0. The molecule has 1 aromatic carbocycles. The summed E-state index contributed by atoms with van der Waals surface area (Å²) in [4.78, 5) is 25.2. The van der Waals surface area contributed by atoms with Crippen molar-refractivity contribution in [2.45, 2.75) is 39.0 Å². The second-order valence-electron chi connectivity index (χ2n) is 7.22. The van der Waals surface area contributed by atoms with Crippen LogP contribution in [0.15, 0.2) is 24.3 Å². The molecule has 0 aliphatic carbocycles. The number of aliphatic carboxylic acids is 1. The van der Waals surface area contributed by atoms with Crippen LogP contribution in [0.3, 0.4) is 0 Å². The largest absolute Gasteiger partial charge is 0.481 e. The van der Waals surface area contributed by atoms with Crippen LogP contribution < -0.4 is 5.32 Å². The van der Waals surface area contributed by atoms with Crippen LogP contribution in [0.5, 0.6) is 0 Å². The molecule has 5 heteroatoms. The molecule has 1 aliphatic rings. The highest BCUT2D eigenvalue weighted by atomic mass is 16.4. The number of hydrogen-bond donors (Lipinski definition) is 2. The van der Waals surface area contributed by atoms with Gasteiger partial charge in [0.25, 0.3) is 5.91 Å². The lowest BCUT2D eigenvalue weighted by Gasteiger charge is -2.29. The Balaban J connectivity index is 1.82. The average Bonchev–Trinajstić information content (AvgIpc) is 2.52. The first-order chi connectivity index (χ1) is 10.8. The molecular formula is C18H26N2O3. The van der Waals surface area contributed by atoms with Gasteiger partial charge in [-0.1, -0.05) is 32.9 Å². The quantitative estimate of drug-likeness (QED) is 0.895. The molecule has 0 saturated carbocycles. The number of carbonyl (C=O) groups excluding carboxylic acids is 1. The Morgan fingerprint density at radius 1 is 1.17 bits per heavy atom. The minimum Gasteiger partial charge on any atom is -0.481 e. The molecule has 0 aromatic heterocycles. The van der Waals surface area contributed by atoms with E-state index < -0.39 is 5.97 Å². The van der Waals surface area contributed by atoms with Crippen molar-refractivity contribution < 1.29 is 14.7 Å². The number of rotatable bonds is 4. The van der Waals surface area contributed by atoms with Crippen molar-refractivity contribution in [2.24, 2.45) is 5.92 Å². The van der Waals surface area contributed by atoms with Gasteiger partial charge in [0, 0.05) is 18.7 Å². The van der Waals surface area contributed by atoms with Crippen LogP contribution in [0.4, 0.5) is 0 Å². The Hall–Kier alpha value is -1.88. The summed E-state index contributed by atoms with van der Waals surface area (Å²) in [6.45, 7) is 8.31. The number of carbonyl (C=O) groups is 2. The van der Waals surface area contributed by atoms with E-state index in [0.717, 1.165) is 0 Å². The van der Waals surface area contributed by atoms with Gasteiger partial charge in [0.05, 0.1) is 12.6 Å². The molecule has 1 fully saturated rings. The van der Waals surface area contributed by atoms with Crippen molar-refractivity contribution in [2.75, 3.05) is 19.8 Å². The first-order valence-electron chi connectivity index (χ1n) is 8.11. The van der Waals surface area contributed by atoms with Crippen molar-refractivity contribution in [1.82, 2.24) is 10.2 Å². The number of likely N-dealkylation sites (tertiary alicyclic amines) is 1. The summed E-state index contributed by atoms with van der Waals surface area (Å²) >= 11 is 0. The van der Waals surface area contributed by atoms with Crippen LogP contribution in [-0.2, 0) is 10.2 Å². The molecule has 1 aromatic rings. The third-order valence-corrected chi connectivity index (χ3v) is 4.41. The molecule has 0 spiro atoms. The van der Waals surface area contributed by atoms with Crippen LogP contribution in [0, 0.1) is 5.92 Å². The Labute approximate surface area is 137 Å². The number of hydrogen-bond acceptors (Lipinski definition) is 3. The summed E-state index contributed by atoms with van der Waals surface area (Å²) in [6.07, 6.45) is 1.29. The normalized spacial score (nSPS) is 17.0. The minimum absolute atomic E-state index is 0.0729. The zero-order valence-electron chi connectivity index (χ0n) is 14.1. The van der Waals surface area contributed by atoms with Crippen LogP contribution in [0.1, 0.15) is 49.5 Å². The van der Waals surface area contributed by atoms with E-state index in [1.165, 1.54) is 5.56 Å². The smallest absolute Gasteiger partial charge is 0.306 e. The van der Waals surface area contributed by atoms with Gasteiger partial charge in [-0.05, 0) is 36.0 Å². The number of amides is 1. The van der Waals surface area contributed by atoms with Gasteiger partial charge in [-0.3, -0.25) is 14.5 Å². The van der Waals surface area contributed by atoms with E-state index in [4.69, 9.17) is 5.11 Å². The maximum atomic E-state index is 12.2. The second kappa shape index (κ2) is 7.13. The van der Waals surface area contributed by atoms with Crippen LogP contribution in [0.2, 0.25) is 0 Å². The van der Waals surface area contributed by atoms with Gasteiger partial charge in [0.1, 0.15) is 0 Å². The SMILES string of the molecule is CC(C)(C)c1ccc(C(=O)NCN2CCC(C(=O)O)CC2)cc1. The fourth-order valence-corrected chi connectivity index (χ4v) is 2.75. The Bertz CT molecular complexity index is 553. The van der Waals surface area contributed by atoms with Crippen LogP contribution in [-0.4, -0.2) is 41.6 Å². The molecule has 0 bridgehead atoms. The minimum atomic E-state index is -0.715. The number of carboxylic acid groups (broad SMARTS) is 1. The van der Waals surface area contributed by atoms with Crippen molar-refractivity contribution >= 4 is 11.9 Å². The molecule has 1 aliphatic heterocycles. The molecule has 0 radical (unpaired) electrons. The predicted molar refractivity (Wildman–Crippen MR) is 89.4 cm³/mol.